The van der Waals surface area contributed by atoms with Crippen molar-refractivity contribution < 1.29 is 17.9 Å². The van der Waals surface area contributed by atoms with Crippen molar-refractivity contribution in [3.05, 3.63) is 22.4 Å². The second kappa shape index (κ2) is 8.05. The minimum absolute atomic E-state index is 0.111. The van der Waals surface area contributed by atoms with Crippen LogP contribution in [0.5, 0.6) is 0 Å². The molecule has 0 N–H and O–H groups in total. The third kappa shape index (κ3) is 8.57. The zero-order valence-corrected chi connectivity index (χ0v) is 11.7. The summed E-state index contributed by atoms with van der Waals surface area (Å²) in [6.07, 6.45) is 0.897. The summed E-state index contributed by atoms with van der Waals surface area (Å²) < 4.78 is 31.5. The van der Waals surface area contributed by atoms with E-state index in [0.29, 0.717) is 19.8 Å². The Hall–Kier alpha value is -0.140. The maximum absolute atomic E-state index is 10.6. The topological polar surface area (TPSA) is 52.6 Å². The largest absolute Gasteiger partial charge is 0.379 e. The molecule has 1 heterocycles. The Morgan fingerprint density at radius 2 is 1.88 bits per heavy atom. The molecule has 0 amide bonds. The van der Waals surface area contributed by atoms with E-state index in [1.807, 2.05) is 11.4 Å². The maximum Gasteiger partial charge on any atom is 0.234 e. The van der Waals surface area contributed by atoms with Gasteiger partial charge >= 0.3 is 0 Å². The minimum atomic E-state index is -3.44. The fourth-order valence-corrected chi connectivity index (χ4v) is 2.30. The van der Waals surface area contributed by atoms with Gasteiger partial charge in [-0.25, -0.2) is 8.42 Å². The molecular weight excluding hydrogens is 284 g/mol. The lowest BCUT2D eigenvalue weighted by Crippen LogP contribution is -2.11. The van der Waals surface area contributed by atoms with Crippen LogP contribution in [0.4, 0.5) is 0 Å². The Morgan fingerprint density at radius 3 is 2.47 bits per heavy atom. The van der Waals surface area contributed by atoms with E-state index in [0.717, 1.165) is 6.42 Å². The third-order valence-corrected chi connectivity index (χ3v) is 3.97. The highest BCUT2D eigenvalue weighted by Crippen LogP contribution is 2.08. The van der Waals surface area contributed by atoms with E-state index in [-0.39, 0.29) is 12.4 Å². The van der Waals surface area contributed by atoms with Gasteiger partial charge in [0.05, 0.1) is 32.2 Å². The molecule has 0 unspecified atom stereocenters. The van der Waals surface area contributed by atoms with Gasteiger partial charge in [0.2, 0.25) is 9.05 Å². The Bertz CT molecular complexity index is 388. The smallest absolute Gasteiger partial charge is 0.234 e. The molecule has 0 radical (unpaired) electrons. The molecule has 1 aromatic rings. The van der Waals surface area contributed by atoms with Crippen molar-refractivity contribution in [1.82, 2.24) is 0 Å². The van der Waals surface area contributed by atoms with Crippen LogP contribution in [0.15, 0.2) is 17.5 Å². The van der Waals surface area contributed by atoms with Gasteiger partial charge in [-0.1, -0.05) is 6.07 Å². The van der Waals surface area contributed by atoms with Crippen LogP contribution in [0.2, 0.25) is 0 Å². The number of hydrogen-bond acceptors (Lipinski definition) is 5. The molecule has 0 spiro atoms. The molecule has 0 aliphatic rings. The zero-order chi connectivity index (χ0) is 12.6. The quantitative estimate of drug-likeness (QED) is 0.516. The summed E-state index contributed by atoms with van der Waals surface area (Å²) in [5, 5.41) is 2.03. The Kier molecular flexibility index (Phi) is 7.06. The molecule has 4 nitrogen and oxygen atoms in total. The lowest BCUT2D eigenvalue weighted by molar-refractivity contribution is 0.0550. The lowest BCUT2D eigenvalue weighted by atomic mass is 10.4. The average molecular weight is 299 g/mol. The number of halogens is 1. The van der Waals surface area contributed by atoms with Gasteiger partial charge in [-0.2, -0.15) is 0 Å². The van der Waals surface area contributed by atoms with Crippen LogP contribution >= 0.6 is 22.0 Å². The Balaban J connectivity index is 1.88. The first kappa shape index (κ1) is 14.9. The summed E-state index contributed by atoms with van der Waals surface area (Å²) in [5.74, 6) is -0.163. The summed E-state index contributed by atoms with van der Waals surface area (Å²) in [4.78, 5) is 1.29. The van der Waals surface area contributed by atoms with Crippen molar-refractivity contribution in [3.8, 4) is 0 Å². The first-order chi connectivity index (χ1) is 8.08. The summed E-state index contributed by atoms with van der Waals surface area (Å²) in [7, 11) is 1.57. The molecule has 98 valence electrons. The van der Waals surface area contributed by atoms with Gasteiger partial charge in [-0.15, -0.1) is 11.3 Å². The number of thiophene rings is 1. The van der Waals surface area contributed by atoms with Gasteiger partial charge in [0, 0.05) is 22.0 Å². The molecule has 7 heteroatoms. The zero-order valence-electron chi connectivity index (χ0n) is 9.30. The van der Waals surface area contributed by atoms with Crippen molar-refractivity contribution >= 4 is 31.1 Å². The first-order valence-corrected chi connectivity index (χ1v) is 8.54. The Morgan fingerprint density at radius 1 is 1.18 bits per heavy atom. The molecule has 0 atom stereocenters. The number of ether oxygens (including phenoxy) is 2. The van der Waals surface area contributed by atoms with Gasteiger partial charge in [0.25, 0.3) is 0 Å². The predicted octanol–water partition coefficient (Wildman–Crippen LogP) is 1.89. The van der Waals surface area contributed by atoms with Gasteiger partial charge in [-0.05, 0) is 11.4 Å². The summed E-state index contributed by atoms with van der Waals surface area (Å²) in [6.45, 7) is 1.61. The molecule has 17 heavy (non-hydrogen) atoms. The van der Waals surface area contributed by atoms with Crippen molar-refractivity contribution in [2.24, 2.45) is 0 Å². The standard InChI is InChI=1S/C10H15ClO4S2/c11-17(12,13)9-7-15-6-5-14-4-3-10-2-1-8-16-10/h1-2,8H,3-7,9H2. The molecule has 0 fully saturated rings. The van der Waals surface area contributed by atoms with E-state index in [1.54, 1.807) is 11.3 Å². The molecule has 1 rings (SSSR count). The van der Waals surface area contributed by atoms with Gasteiger partial charge < -0.3 is 9.47 Å². The van der Waals surface area contributed by atoms with Crippen molar-refractivity contribution in [2.75, 3.05) is 32.2 Å². The van der Waals surface area contributed by atoms with Crippen LogP contribution < -0.4 is 0 Å². The molecule has 0 saturated carbocycles. The summed E-state index contributed by atoms with van der Waals surface area (Å²) in [6, 6.07) is 4.07. The SMILES string of the molecule is O=S(=O)(Cl)CCOCCOCCc1cccs1. The molecule has 0 bridgehead atoms. The van der Waals surface area contributed by atoms with Gasteiger partial charge in [0.1, 0.15) is 0 Å². The van der Waals surface area contributed by atoms with Crippen molar-refractivity contribution in [3.63, 3.8) is 0 Å². The lowest BCUT2D eigenvalue weighted by Gasteiger charge is -2.04. The van der Waals surface area contributed by atoms with Gasteiger partial charge in [-0.3, -0.25) is 0 Å². The second-order valence-corrected chi connectivity index (χ2v) is 7.23. The normalized spacial score (nSPS) is 11.8. The van der Waals surface area contributed by atoms with Crippen LogP contribution in [-0.4, -0.2) is 40.6 Å². The van der Waals surface area contributed by atoms with E-state index >= 15 is 0 Å². The van der Waals surface area contributed by atoms with Crippen LogP contribution in [0.1, 0.15) is 4.88 Å². The first-order valence-electron chi connectivity index (χ1n) is 5.18. The molecule has 0 aliphatic carbocycles. The van der Waals surface area contributed by atoms with E-state index < -0.39 is 9.05 Å². The molecule has 1 aromatic heterocycles. The third-order valence-electron chi connectivity index (χ3n) is 1.92. The highest BCUT2D eigenvalue weighted by molar-refractivity contribution is 8.13. The predicted molar refractivity (Wildman–Crippen MR) is 69.3 cm³/mol. The van der Waals surface area contributed by atoms with Crippen LogP contribution in [0.3, 0.4) is 0 Å². The molecule has 0 saturated heterocycles. The second-order valence-electron chi connectivity index (χ2n) is 3.30. The highest BCUT2D eigenvalue weighted by Gasteiger charge is 2.03. The van der Waals surface area contributed by atoms with Crippen LogP contribution in [0, 0.1) is 0 Å². The highest BCUT2D eigenvalue weighted by atomic mass is 35.7. The summed E-state index contributed by atoms with van der Waals surface area (Å²) in [5.41, 5.74) is 0. The maximum atomic E-state index is 10.6. The van der Waals surface area contributed by atoms with E-state index in [4.69, 9.17) is 20.2 Å². The molecular formula is C10H15ClO4S2. The van der Waals surface area contributed by atoms with E-state index in [1.165, 1.54) is 4.88 Å². The fraction of sp³-hybridized carbons (Fsp3) is 0.600. The number of hydrogen-bond donors (Lipinski definition) is 0. The van der Waals surface area contributed by atoms with E-state index in [2.05, 4.69) is 6.07 Å². The molecule has 0 aliphatic heterocycles. The van der Waals surface area contributed by atoms with Crippen molar-refractivity contribution in [1.29, 1.82) is 0 Å². The number of rotatable bonds is 9. The fourth-order valence-electron chi connectivity index (χ4n) is 1.11. The molecule has 0 aromatic carbocycles. The van der Waals surface area contributed by atoms with Gasteiger partial charge in [0.15, 0.2) is 0 Å². The average Bonchev–Trinajstić information content (AvgIpc) is 2.73. The monoisotopic (exact) mass is 298 g/mol. The van der Waals surface area contributed by atoms with Crippen LogP contribution in [0.25, 0.3) is 0 Å². The van der Waals surface area contributed by atoms with E-state index in [9.17, 15) is 8.42 Å². The van der Waals surface area contributed by atoms with Crippen molar-refractivity contribution in [2.45, 2.75) is 6.42 Å². The minimum Gasteiger partial charge on any atom is -0.379 e. The Labute approximate surface area is 110 Å². The summed E-state index contributed by atoms with van der Waals surface area (Å²) >= 11 is 1.70. The van der Waals surface area contributed by atoms with Crippen LogP contribution in [-0.2, 0) is 24.9 Å².